The quantitative estimate of drug-likeness (QED) is 0.542. The highest BCUT2D eigenvalue weighted by Crippen LogP contribution is 2.41. The first-order valence-electron chi connectivity index (χ1n) is 10.2. The number of aliphatic hydroxyl groups excluding tert-OH is 1. The predicted octanol–water partition coefficient (Wildman–Crippen LogP) is 5.44. The average Bonchev–Trinajstić information content (AvgIpc) is 3.04. The maximum absolute atomic E-state index is 13.2. The highest BCUT2D eigenvalue weighted by Gasteiger charge is 2.43. The molecule has 0 aromatic heterocycles. The maximum Gasteiger partial charge on any atom is 0.290 e. The summed E-state index contributed by atoms with van der Waals surface area (Å²) in [5, 5.41) is 11.2. The normalized spacial score (nSPS) is 16.1. The molecule has 4 nitrogen and oxygen atoms in total. The van der Waals surface area contributed by atoms with Crippen LogP contribution in [0.25, 0.3) is 0 Å². The highest BCUT2D eigenvalue weighted by molar-refractivity contribution is 6.31. The van der Waals surface area contributed by atoms with E-state index in [9.17, 15) is 14.7 Å². The van der Waals surface area contributed by atoms with Gasteiger partial charge in [0.25, 0.3) is 5.91 Å². The lowest BCUT2D eigenvalue weighted by atomic mass is 9.93. The molecule has 1 heterocycles. The van der Waals surface area contributed by atoms with Gasteiger partial charge in [-0.2, -0.15) is 0 Å². The number of aliphatic hydroxyl groups is 1. The van der Waals surface area contributed by atoms with Gasteiger partial charge in [-0.15, -0.1) is 0 Å². The summed E-state index contributed by atoms with van der Waals surface area (Å²) in [5.74, 6) is -1.30. The molecular weight excluding hydrogens is 410 g/mol. The van der Waals surface area contributed by atoms with Gasteiger partial charge in [-0.3, -0.25) is 9.59 Å². The number of halogens is 1. The minimum atomic E-state index is -0.732. The number of hydrogen-bond acceptors (Lipinski definition) is 3. The van der Waals surface area contributed by atoms with Crippen molar-refractivity contribution < 1.29 is 14.7 Å². The lowest BCUT2D eigenvalue weighted by Gasteiger charge is -2.27. The van der Waals surface area contributed by atoms with Crippen LogP contribution in [0.3, 0.4) is 0 Å². The van der Waals surface area contributed by atoms with Crippen LogP contribution in [-0.4, -0.2) is 21.7 Å². The smallest absolute Gasteiger partial charge is 0.290 e. The van der Waals surface area contributed by atoms with Crippen molar-refractivity contribution in [2.24, 2.45) is 0 Å². The second kappa shape index (κ2) is 9.19. The Morgan fingerprint density at radius 1 is 0.871 bits per heavy atom. The summed E-state index contributed by atoms with van der Waals surface area (Å²) in [6, 6.07) is 25.6. The molecule has 156 valence electrons. The van der Waals surface area contributed by atoms with Gasteiger partial charge in [0.2, 0.25) is 0 Å². The molecule has 0 aliphatic carbocycles. The summed E-state index contributed by atoms with van der Waals surface area (Å²) < 4.78 is 0. The molecule has 0 radical (unpaired) electrons. The molecule has 31 heavy (non-hydrogen) atoms. The molecule has 1 aliphatic rings. The molecule has 1 atom stereocenters. The third kappa shape index (κ3) is 4.39. The maximum atomic E-state index is 13.2. The Labute approximate surface area is 186 Å². The molecule has 1 unspecified atom stereocenters. The minimum absolute atomic E-state index is 0.116. The van der Waals surface area contributed by atoms with Gasteiger partial charge in [0.05, 0.1) is 11.6 Å². The second-order valence-corrected chi connectivity index (χ2v) is 7.92. The predicted molar refractivity (Wildman–Crippen MR) is 121 cm³/mol. The fraction of sp³-hybridized carbons (Fsp3) is 0.154. The molecule has 1 aliphatic heterocycles. The van der Waals surface area contributed by atoms with Crippen LogP contribution in [0.4, 0.5) is 0 Å². The van der Waals surface area contributed by atoms with E-state index in [-0.39, 0.29) is 24.3 Å². The Morgan fingerprint density at radius 3 is 2.10 bits per heavy atom. The fourth-order valence-electron chi connectivity index (χ4n) is 3.94. The van der Waals surface area contributed by atoms with E-state index in [2.05, 4.69) is 0 Å². The summed E-state index contributed by atoms with van der Waals surface area (Å²) in [6.07, 6.45) is 0.718. The van der Waals surface area contributed by atoms with Crippen molar-refractivity contribution in [1.29, 1.82) is 0 Å². The van der Waals surface area contributed by atoms with Crippen molar-refractivity contribution >= 4 is 23.3 Å². The van der Waals surface area contributed by atoms with Crippen molar-refractivity contribution in [3.05, 3.63) is 118 Å². The van der Waals surface area contributed by atoms with Crippen molar-refractivity contribution in [3.63, 3.8) is 0 Å². The van der Waals surface area contributed by atoms with Gasteiger partial charge in [-0.1, -0.05) is 90.5 Å². The van der Waals surface area contributed by atoms with E-state index in [0.717, 1.165) is 11.1 Å². The summed E-state index contributed by atoms with van der Waals surface area (Å²) in [5.41, 5.74) is 2.67. The van der Waals surface area contributed by atoms with Gasteiger partial charge in [-0.05, 0) is 29.2 Å². The Hall–Kier alpha value is -3.37. The van der Waals surface area contributed by atoms with Gasteiger partial charge in [0.1, 0.15) is 0 Å². The summed E-state index contributed by atoms with van der Waals surface area (Å²) in [6.45, 7) is 0.259. The lowest BCUT2D eigenvalue weighted by molar-refractivity contribution is -0.130. The molecule has 0 spiro atoms. The Morgan fingerprint density at radius 2 is 1.45 bits per heavy atom. The first kappa shape index (κ1) is 20.9. The van der Waals surface area contributed by atoms with Crippen LogP contribution in [0.1, 0.15) is 29.2 Å². The molecule has 1 N–H and O–H groups in total. The zero-order valence-corrected chi connectivity index (χ0v) is 17.6. The Bertz CT molecular complexity index is 1130. The summed E-state index contributed by atoms with van der Waals surface area (Å²) >= 11 is 6.46. The molecule has 0 fully saturated rings. The van der Waals surface area contributed by atoms with E-state index in [4.69, 9.17) is 11.6 Å². The fourth-order valence-corrected chi connectivity index (χ4v) is 4.18. The Kier molecular flexibility index (Phi) is 6.19. The molecule has 3 aromatic carbocycles. The van der Waals surface area contributed by atoms with E-state index >= 15 is 0 Å². The topological polar surface area (TPSA) is 57.6 Å². The van der Waals surface area contributed by atoms with Crippen LogP contribution in [0, 0.1) is 0 Å². The molecule has 0 saturated heterocycles. The number of aryl methyl sites for hydroxylation is 1. The summed E-state index contributed by atoms with van der Waals surface area (Å²) in [7, 11) is 0. The van der Waals surface area contributed by atoms with Crippen molar-refractivity contribution in [2.45, 2.75) is 25.4 Å². The van der Waals surface area contributed by atoms with E-state index in [1.54, 1.807) is 18.2 Å². The zero-order chi connectivity index (χ0) is 21.8. The number of nitrogens with zero attached hydrogens (tertiary/aromatic N) is 1. The second-order valence-electron chi connectivity index (χ2n) is 7.51. The Balaban J connectivity index is 1.68. The number of benzene rings is 3. The number of carbonyl (C=O) groups is 2. The molecule has 3 aromatic rings. The molecular formula is C26H22ClNO3. The van der Waals surface area contributed by atoms with Crippen molar-refractivity contribution in [2.75, 3.05) is 0 Å². The summed E-state index contributed by atoms with van der Waals surface area (Å²) in [4.78, 5) is 27.8. The monoisotopic (exact) mass is 431 g/mol. The largest absolute Gasteiger partial charge is 0.503 e. The third-order valence-electron chi connectivity index (χ3n) is 5.48. The van der Waals surface area contributed by atoms with Gasteiger partial charge in [0.15, 0.2) is 11.5 Å². The van der Waals surface area contributed by atoms with Crippen LogP contribution in [0.5, 0.6) is 0 Å². The number of carbonyl (C=O) groups excluding carboxylic acids is 2. The molecule has 5 heteroatoms. The van der Waals surface area contributed by atoms with Crippen LogP contribution in [0.2, 0.25) is 5.02 Å². The van der Waals surface area contributed by atoms with Crippen LogP contribution in [-0.2, 0) is 22.6 Å². The van der Waals surface area contributed by atoms with E-state index < -0.39 is 17.7 Å². The number of Topliss-reactive ketones (excluding diaryl/α,β-unsaturated/α-hetero) is 1. The SMILES string of the molecule is O=C(CCc1ccccc1)C1=C(O)C(=O)N(Cc2ccccc2)C1c1ccccc1Cl. The number of amides is 1. The average molecular weight is 432 g/mol. The molecule has 4 rings (SSSR count). The van der Waals surface area contributed by atoms with Gasteiger partial charge >= 0.3 is 0 Å². The van der Waals surface area contributed by atoms with Gasteiger partial charge in [0, 0.05) is 18.0 Å². The number of rotatable bonds is 7. The highest BCUT2D eigenvalue weighted by atomic mass is 35.5. The van der Waals surface area contributed by atoms with E-state index in [1.165, 1.54) is 4.90 Å². The van der Waals surface area contributed by atoms with Crippen LogP contribution < -0.4 is 0 Å². The van der Waals surface area contributed by atoms with E-state index in [1.807, 2.05) is 66.7 Å². The molecule has 1 amide bonds. The number of ketones is 1. The van der Waals surface area contributed by atoms with Gasteiger partial charge < -0.3 is 10.0 Å². The minimum Gasteiger partial charge on any atom is -0.503 e. The van der Waals surface area contributed by atoms with Gasteiger partial charge in [-0.25, -0.2) is 0 Å². The lowest BCUT2D eigenvalue weighted by Crippen LogP contribution is -2.30. The van der Waals surface area contributed by atoms with Crippen molar-refractivity contribution in [3.8, 4) is 0 Å². The standard InChI is InChI=1S/C26H22ClNO3/c27-21-14-8-7-13-20(21)24-23(22(29)16-15-18-9-3-1-4-10-18)25(30)26(31)28(24)17-19-11-5-2-6-12-19/h1-14,24,30H,15-17H2. The van der Waals surface area contributed by atoms with Crippen LogP contribution >= 0.6 is 11.6 Å². The first-order valence-corrected chi connectivity index (χ1v) is 10.5. The first-order chi connectivity index (χ1) is 15.1. The van der Waals surface area contributed by atoms with E-state index in [0.29, 0.717) is 17.0 Å². The molecule has 0 saturated carbocycles. The number of hydrogen-bond donors (Lipinski definition) is 1. The molecule has 0 bridgehead atoms. The van der Waals surface area contributed by atoms with Crippen LogP contribution in [0.15, 0.2) is 96.3 Å². The third-order valence-corrected chi connectivity index (χ3v) is 5.83. The zero-order valence-electron chi connectivity index (χ0n) is 16.9. The van der Waals surface area contributed by atoms with Crippen molar-refractivity contribution in [1.82, 2.24) is 4.90 Å².